The Labute approximate surface area is 128 Å². The molecule has 0 fully saturated rings. The van der Waals surface area contributed by atoms with Crippen molar-refractivity contribution in [3.63, 3.8) is 0 Å². The van der Waals surface area contributed by atoms with E-state index in [-0.39, 0.29) is 5.91 Å². The van der Waals surface area contributed by atoms with Gasteiger partial charge in [0.05, 0.1) is 0 Å². The lowest BCUT2D eigenvalue weighted by Crippen LogP contribution is -2.22. The van der Waals surface area contributed by atoms with Crippen LogP contribution in [0.4, 0.5) is 0 Å². The number of carbonyl (C=O) groups excluding carboxylic acids is 1. The smallest absolute Gasteiger partial charge is 0.220 e. The predicted molar refractivity (Wildman–Crippen MR) is 85.7 cm³/mol. The Morgan fingerprint density at radius 2 is 1.55 bits per heavy atom. The first-order chi connectivity index (χ1) is 9.78. The molecular formula is C17H18BrNO. The maximum absolute atomic E-state index is 11.8. The monoisotopic (exact) mass is 331 g/mol. The fourth-order valence-corrected chi connectivity index (χ4v) is 2.31. The third kappa shape index (κ3) is 4.82. The summed E-state index contributed by atoms with van der Waals surface area (Å²) in [5.74, 6) is 0.0958. The molecule has 0 atom stereocenters. The minimum atomic E-state index is 0.0958. The van der Waals surface area contributed by atoms with E-state index in [0.717, 1.165) is 17.3 Å². The minimum Gasteiger partial charge on any atom is -0.352 e. The first-order valence-electron chi connectivity index (χ1n) is 6.72. The summed E-state index contributed by atoms with van der Waals surface area (Å²) in [6.45, 7) is 0.593. The molecule has 20 heavy (non-hydrogen) atoms. The predicted octanol–water partition coefficient (Wildman–Crippen LogP) is 3.83. The highest BCUT2D eigenvalue weighted by molar-refractivity contribution is 9.08. The average Bonchev–Trinajstić information content (AvgIpc) is 2.52. The molecule has 104 valence electrons. The topological polar surface area (TPSA) is 29.1 Å². The van der Waals surface area contributed by atoms with Crippen molar-refractivity contribution in [3.05, 3.63) is 71.3 Å². The second-order valence-electron chi connectivity index (χ2n) is 4.71. The van der Waals surface area contributed by atoms with Crippen molar-refractivity contribution in [2.45, 2.75) is 24.7 Å². The van der Waals surface area contributed by atoms with Crippen LogP contribution in [-0.2, 0) is 23.1 Å². The van der Waals surface area contributed by atoms with Crippen LogP contribution in [0.3, 0.4) is 0 Å². The fourth-order valence-electron chi connectivity index (χ4n) is 1.94. The Hall–Kier alpha value is -1.61. The van der Waals surface area contributed by atoms with Gasteiger partial charge in [-0.1, -0.05) is 70.5 Å². The Bertz CT molecular complexity index is 537. The second-order valence-corrected chi connectivity index (χ2v) is 5.27. The van der Waals surface area contributed by atoms with Crippen LogP contribution in [0.25, 0.3) is 0 Å². The van der Waals surface area contributed by atoms with Crippen LogP contribution in [0.15, 0.2) is 54.6 Å². The van der Waals surface area contributed by atoms with Gasteiger partial charge in [-0.25, -0.2) is 0 Å². The molecule has 0 saturated heterocycles. The first kappa shape index (κ1) is 14.8. The number of hydrogen-bond acceptors (Lipinski definition) is 1. The number of alkyl halides is 1. The number of aryl methyl sites for hydroxylation is 1. The van der Waals surface area contributed by atoms with Crippen molar-refractivity contribution >= 4 is 21.8 Å². The summed E-state index contributed by atoms with van der Waals surface area (Å²) in [7, 11) is 0. The normalized spacial score (nSPS) is 10.2. The number of halogens is 1. The van der Waals surface area contributed by atoms with E-state index in [0.29, 0.717) is 13.0 Å². The van der Waals surface area contributed by atoms with E-state index >= 15 is 0 Å². The molecule has 2 rings (SSSR count). The average molecular weight is 332 g/mol. The number of benzene rings is 2. The lowest BCUT2D eigenvalue weighted by Gasteiger charge is -2.06. The summed E-state index contributed by atoms with van der Waals surface area (Å²) in [6.07, 6.45) is 1.32. The van der Waals surface area contributed by atoms with Crippen molar-refractivity contribution in [1.82, 2.24) is 5.32 Å². The minimum absolute atomic E-state index is 0.0958. The highest BCUT2D eigenvalue weighted by Crippen LogP contribution is 2.08. The van der Waals surface area contributed by atoms with E-state index in [9.17, 15) is 4.79 Å². The van der Waals surface area contributed by atoms with E-state index in [1.807, 2.05) is 42.5 Å². The van der Waals surface area contributed by atoms with Gasteiger partial charge in [0, 0.05) is 18.3 Å². The Kier molecular flexibility index (Phi) is 5.81. The zero-order valence-corrected chi connectivity index (χ0v) is 12.9. The quantitative estimate of drug-likeness (QED) is 0.801. The van der Waals surface area contributed by atoms with Crippen molar-refractivity contribution < 1.29 is 4.79 Å². The molecule has 0 aliphatic heterocycles. The van der Waals surface area contributed by atoms with Gasteiger partial charge in [0.2, 0.25) is 5.91 Å². The van der Waals surface area contributed by atoms with Crippen LogP contribution in [0, 0.1) is 0 Å². The molecule has 0 aliphatic rings. The van der Waals surface area contributed by atoms with E-state index < -0.39 is 0 Å². The highest BCUT2D eigenvalue weighted by Gasteiger charge is 2.02. The fraction of sp³-hybridized carbons (Fsp3) is 0.235. The molecule has 0 unspecified atom stereocenters. The van der Waals surface area contributed by atoms with Crippen LogP contribution in [-0.4, -0.2) is 5.91 Å². The van der Waals surface area contributed by atoms with Gasteiger partial charge in [-0.2, -0.15) is 0 Å². The molecule has 0 aromatic heterocycles. The van der Waals surface area contributed by atoms with Crippen molar-refractivity contribution in [2.24, 2.45) is 0 Å². The molecule has 1 N–H and O–H groups in total. The molecular weight excluding hydrogens is 314 g/mol. The van der Waals surface area contributed by atoms with Crippen LogP contribution < -0.4 is 5.32 Å². The lowest BCUT2D eigenvalue weighted by atomic mass is 10.1. The first-order valence-corrected chi connectivity index (χ1v) is 7.84. The summed E-state index contributed by atoms with van der Waals surface area (Å²) in [6, 6.07) is 18.3. The Morgan fingerprint density at radius 3 is 2.20 bits per heavy atom. The summed E-state index contributed by atoms with van der Waals surface area (Å²) in [5, 5.41) is 3.81. The van der Waals surface area contributed by atoms with Crippen LogP contribution >= 0.6 is 15.9 Å². The number of carbonyl (C=O) groups is 1. The molecule has 0 saturated carbocycles. The maximum atomic E-state index is 11.8. The third-order valence-corrected chi connectivity index (χ3v) is 3.80. The van der Waals surface area contributed by atoms with Gasteiger partial charge in [-0.15, -0.1) is 0 Å². The molecule has 2 aromatic rings. The third-order valence-electron chi connectivity index (χ3n) is 3.15. The van der Waals surface area contributed by atoms with Crippen molar-refractivity contribution in [2.75, 3.05) is 0 Å². The Morgan fingerprint density at radius 1 is 0.900 bits per heavy atom. The van der Waals surface area contributed by atoms with Gasteiger partial charge in [0.1, 0.15) is 0 Å². The van der Waals surface area contributed by atoms with Crippen molar-refractivity contribution in [3.8, 4) is 0 Å². The number of amides is 1. The summed E-state index contributed by atoms with van der Waals surface area (Å²) < 4.78 is 0. The number of nitrogens with one attached hydrogen (secondary N) is 1. The lowest BCUT2D eigenvalue weighted by molar-refractivity contribution is -0.121. The van der Waals surface area contributed by atoms with Gasteiger partial charge in [0.15, 0.2) is 0 Å². The van der Waals surface area contributed by atoms with Crippen LogP contribution in [0.1, 0.15) is 23.1 Å². The molecule has 0 spiro atoms. The zero-order chi connectivity index (χ0) is 14.2. The summed E-state index contributed by atoms with van der Waals surface area (Å²) >= 11 is 3.42. The molecule has 2 aromatic carbocycles. The van der Waals surface area contributed by atoms with E-state index in [1.54, 1.807) is 0 Å². The maximum Gasteiger partial charge on any atom is 0.220 e. The van der Waals surface area contributed by atoms with E-state index in [4.69, 9.17) is 0 Å². The van der Waals surface area contributed by atoms with Gasteiger partial charge < -0.3 is 5.32 Å². The molecule has 2 nitrogen and oxygen atoms in total. The highest BCUT2D eigenvalue weighted by atomic mass is 79.9. The Balaban J connectivity index is 1.74. The van der Waals surface area contributed by atoms with Gasteiger partial charge in [-0.05, 0) is 23.1 Å². The van der Waals surface area contributed by atoms with Gasteiger partial charge >= 0.3 is 0 Å². The second kappa shape index (κ2) is 7.85. The number of rotatable bonds is 6. The molecule has 0 radical (unpaired) electrons. The van der Waals surface area contributed by atoms with Crippen LogP contribution in [0.2, 0.25) is 0 Å². The van der Waals surface area contributed by atoms with Crippen molar-refractivity contribution in [1.29, 1.82) is 0 Å². The van der Waals surface area contributed by atoms with Gasteiger partial charge in [-0.3, -0.25) is 4.79 Å². The van der Waals surface area contributed by atoms with E-state index in [1.165, 1.54) is 11.1 Å². The molecule has 0 bridgehead atoms. The van der Waals surface area contributed by atoms with Crippen LogP contribution in [0.5, 0.6) is 0 Å². The molecule has 3 heteroatoms. The molecule has 0 heterocycles. The molecule has 1 amide bonds. The van der Waals surface area contributed by atoms with E-state index in [2.05, 4.69) is 33.4 Å². The molecule has 0 aliphatic carbocycles. The largest absolute Gasteiger partial charge is 0.352 e. The van der Waals surface area contributed by atoms with Gasteiger partial charge in [0.25, 0.3) is 0 Å². The summed E-state index contributed by atoms with van der Waals surface area (Å²) in [5.41, 5.74) is 3.57. The zero-order valence-electron chi connectivity index (χ0n) is 11.3. The summed E-state index contributed by atoms with van der Waals surface area (Å²) in [4.78, 5) is 11.8. The number of hydrogen-bond donors (Lipinski definition) is 1. The SMILES string of the molecule is O=C(CCc1ccccc1)NCc1ccc(CBr)cc1. The standard InChI is InChI=1S/C17H18BrNO/c18-12-15-6-8-16(9-7-15)13-19-17(20)11-10-14-4-2-1-3-5-14/h1-9H,10-13H2,(H,19,20).